The van der Waals surface area contributed by atoms with Crippen LogP contribution in [0.3, 0.4) is 0 Å². The topological polar surface area (TPSA) is 43.4 Å². The van der Waals surface area contributed by atoms with Gasteiger partial charge < -0.3 is 4.74 Å². The number of rotatable bonds is 10. The maximum atomic E-state index is 13.6. The van der Waals surface area contributed by atoms with Gasteiger partial charge in [-0.05, 0) is 36.2 Å². The molecule has 34 heavy (non-hydrogen) atoms. The summed E-state index contributed by atoms with van der Waals surface area (Å²) < 4.78 is 5.29. The van der Waals surface area contributed by atoms with Gasteiger partial charge in [-0.25, -0.2) is 0 Å². The molecule has 4 rings (SSSR count). The van der Waals surface area contributed by atoms with Gasteiger partial charge >= 0.3 is 0 Å². The van der Waals surface area contributed by atoms with Gasteiger partial charge in [0, 0.05) is 21.3 Å². The minimum Gasteiger partial charge on any atom is -0.497 e. The standard InChI is InChI=1S/C30H26O3S/c1-33-25-17-19-26(20-18-25)34-28(22-11-5-2-6-12-22)21-27(29(31)23-13-7-3-8-14-23)30(32)24-15-9-4-10-16-24/h2-20,27-28H,21H2,1H3. The highest BCUT2D eigenvalue weighted by Crippen LogP contribution is 2.41. The van der Waals surface area contributed by atoms with Crippen LogP contribution in [0.2, 0.25) is 0 Å². The summed E-state index contributed by atoms with van der Waals surface area (Å²) >= 11 is 1.65. The third-order valence-corrected chi connectivity index (χ3v) is 7.00. The molecular formula is C30H26O3S. The first kappa shape index (κ1) is 23.5. The van der Waals surface area contributed by atoms with Crippen LogP contribution in [0.5, 0.6) is 5.75 Å². The first-order valence-electron chi connectivity index (χ1n) is 11.2. The summed E-state index contributed by atoms with van der Waals surface area (Å²) in [5.74, 6) is -0.297. The van der Waals surface area contributed by atoms with Crippen LogP contribution in [-0.2, 0) is 0 Å². The summed E-state index contributed by atoms with van der Waals surface area (Å²) in [5, 5.41) is -0.0834. The fraction of sp³-hybridized carbons (Fsp3) is 0.133. The Morgan fingerprint density at radius 3 is 1.62 bits per heavy atom. The van der Waals surface area contributed by atoms with Crippen LogP contribution in [0.4, 0.5) is 0 Å². The Kier molecular flexibility index (Phi) is 7.95. The number of Topliss-reactive ketones (excluding diaryl/α,β-unsaturated/α-hetero) is 2. The lowest BCUT2D eigenvalue weighted by Gasteiger charge is -2.23. The van der Waals surface area contributed by atoms with Gasteiger partial charge in [0.15, 0.2) is 11.6 Å². The van der Waals surface area contributed by atoms with Crippen molar-refractivity contribution in [1.82, 2.24) is 0 Å². The van der Waals surface area contributed by atoms with Gasteiger partial charge in [0.1, 0.15) is 5.75 Å². The predicted molar refractivity (Wildman–Crippen MR) is 138 cm³/mol. The van der Waals surface area contributed by atoms with Crippen LogP contribution < -0.4 is 4.74 Å². The van der Waals surface area contributed by atoms with E-state index in [0.717, 1.165) is 16.2 Å². The minimum atomic E-state index is -0.791. The largest absolute Gasteiger partial charge is 0.497 e. The monoisotopic (exact) mass is 466 g/mol. The van der Waals surface area contributed by atoms with Crippen LogP contribution >= 0.6 is 11.8 Å². The highest BCUT2D eigenvalue weighted by Gasteiger charge is 2.32. The Morgan fingerprint density at radius 1 is 0.676 bits per heavy atom. The van der Waals surface area contributed by atoms with Crippen molar-refractivity contribution in [2.24, 2.45) is 5.92 Å². The van der Waals surface area contributed by atoms with Gasteiger partial charge in [-0.2, -0.15) is 0 Å². The molecule has 0 aromatic heterocycles. The van der Waals surface area contributed by atoms with E-state index in [2.05, 4.69) is 12.1 Å². The van der Waals surface area contributed by atoms with Gasteiger partial charge in [-0.3, -0.25) is 9.59 Å². The minimum absolute atomic E-state index is 0.0834. The van der Waals surface area contributed by atoms with E-state index in [0.29, 0.717) is 17.5 Å². The van der Waals surface area contributed by atoms with E-state index in [1.54, 1.807) is 43.1 Å². The van der Waals surface area contributed by atoms with E-state index in [1.807, 2.05) is 78.9 Å². The first-order chi connectivity index (χ1) is 16.7. The van der Waals surface area contributed by atoms with Crippen molar-refractivity contribution in [1.29, 1.82) is 0 Å². The van der Waals surface area contributed by atoms with Crippen molar-refractivity contribution >= 4 is 23.3 Å². The van der Waals surface area contributed by atoms with Crippen LogP contribution in [-0.4, -0.2) is 18.7 Å². The van der Waals surface area contributed by atoms with Crippen LogP contribution in [0.25, 0.3) is 0 Å². The molecule has 0 aliphatic rings. The highest BCUT2D eigenvalue weighted by molar-refractivity contribution is 7.99. The summed E-state index contributed by atoms with van der Waals surface area (Å²) in [6, 6.07) is 36.1. The predicted octanol–water partition coefficient (Wildman–Crippen LogP) is 7.30. The van der Waals surface area contributed by atoms with E-state index in [1.165, 1.54) is 0 Å². The molecule has 170 valence electrons. The molecule has 0 radical (unpaired) electrons. The average Bonchev–Trinajstić information content (AvgIpc) is 2.92. The average molecular weight is 467 g/mol. The molecule has 0 saturated heterocycles. The van der Waals surface area contributed by atoms with Gasteiger partial charge in [0.05, 0.1) is 13.0 Å². The number of ether oxygens (including phenoxy) is 1. The Labute approximate surface area is 204 Å². The van der Waals surface area contributed by atoms with Gasteiger partial charge in [-0.15, -0.1) is 11.8 Å². The molecule has 4 aromatic rings. The van der Waals surface area contributed by atoms with Crippen molar-refractivity contribution < 1.29 is 14.3 Å². The van der Waals surface area contributed by atoms with Crippen molar-refractivity contribution in [3.63, 3.8) is 0 Å². The summed E-state index contributed by atoms with van der Waals surface area (Å²) in [6.45, 7) is 0. The second-order valence-corrected chi connectivity index (χ2v) is 9.22. The number of methoxy groups -OCH3 is 1. The number of hydrogen-bond donors (Lipinski definition) is 0. The zero-order chi connectivity index (χ0) is 23.8. The highest BCUT2D eigenvalue weighted by atomic mass is 32.2. The van der Waals surface area contributed by atoms with Crippen molar-refractivity contribution in [2.75, 3.05) is 7.11 Å². The van der Waals surface area contributed by atoms with Crippen LogP contribution in [0, 0.1) is 5.92 Å². The first-order valence-corrected chi connectivity index (χ1v) is 12.1. The molecule has 0 spiro atoms. The Morgan fingerprint density at radius 2 is 1.15 bits per heavy atom. The number of carbonyl (C=O) groups excluding carboxylic acids is 2. The van der Waals surface area contributed by atoms with E-state index < -0.39 is 5.92 Å². The number of carbonyl (C=O) groups is 2. The zero-order valence-corrected chi connectivity index (χ0v) is 19.8. The molecule has 3 nitrogen and oxygen atoms in total. The van der Waals surface area contributed by atoms with Crippen molar-refractivity contribution in [3.05, 3.63) is 132 Å². The smallest absolute Gasteiger partial charge is 0.173 e. The number of ketones is 2. The normalized spacial score (nSPS) is 11.7. The number of benzene rings is 4. The Hall–Kier alpha value is -3.63. The molecular weight excluding hydrogens is 440 g/mol. The molecule has 1 atom stereocenters. The van der Waals surface area contributed by atoms with Gasteiger partial charge in [-0.1, -0.05) is 91.0 Å². The van der Waals surface area contributed by atoms with Crippen LogP contribution in [0.1, 0.15) is 38.0 Å². The number of thioether (sulfide) groups is 1. The van der Waals surface area contributed by atoms with Gasteiger partial charge in [0.2, 0.25) is 0 Å². The maximum absolute atomic E-state index is 13.6. The molecule has 0 bridgehead atoms. The molecule has 0 saturated carbocycles. The molecule has 0 aliphatic heterocycles. The zero-order valence-electron chi connectivity index (χ0n) is 19.0. The lowest BCUT2D eigenvalue weighted by atomic mass is 9.85. The fourth-order valence-electron chi connectivity index (χ4n) is 3.89. The molecule has 4 heteroatoms. The number of hydrogen-bond acceptors (Lipinski definition) is 4. The SMILES string of the molecule is COc1ccc(SC(CC(C(=O)c2ccccc2)C(=O)c2ccccc2)c2ccccc2)cc1. The van der Waals surface area contributed by atoms with Crippen molar-refractivity contribution in [3.8, 4) is 5.75 Å². The lowest BCUT2D eigenvalue weighted by molar-refractivity contribution is 0.0799. The summed E-state index contributed by atoms with van der Waals surface area (Å²) in [4.78, 5) is 28.3. The molecule has 0 heterocycles. The molecule has 0 N–H and O–H groups in total. The van der Waals surface area contributed by atoms with Crippen LogP contribution in [0.15, 0.2) is 120 Å². The Bertz CT molecular complexity index is 1150. The maximum Gasteiger partial charge on any atom is 0.173 e. The molecule has 0 fully saturated rings. The lowest BCUT2D eigenvalue weighted by Crippen LogP contribution is -2.26. The van der Waals surface area contributed by atoms with Gasteiger partial charge in [0.25, 0.3) is 0 Å². The summed E-state index contributed by atoms with van der Waals surface area (Å²) in [7, 11) is 1.64. The third kappa shape index (κ3) is 5.83. The van der Waals surface area contributed by atoms with Crippen molar-refractivity contribution in [2.45, 2.75) is 16.6 Å². The summed E-state index contributed by atoms with van der Waals surface area (Å²) in [6.07, 6.45) is 0.391. The molecule has 4 aromatic carbocycles. The second kappa shape index (κ2) is 11.5. The molecule has 0 aliphatic carbocycles. The molecule has 0 amide bonds. The van der Waals surface area contributed by atoms with E-state index >= 15 is 0 Å². The Balaban J connectivity index is 1.69. The quantitative estimate of drug-likeness (QED) is 0.140. The summed E-state index contributed by atoms with van der Waals surface area (Å²) in [5.41, 5.74) is 2.19. The van der Waals surface area contributed by atoms with E-state index in [4.69, 9.17) is 4.74 Å². The molecule has 1 unspecified atom stereocenters. The third-order valence-electron chi connectivity index (χ3n) is 5.71. The second-order valence-electron chi connectivity index (χ2n) is 7.94. The van der Waals surface area contributed by atoms with E-state index in [9.17, 15) is 9.59 Å². The fourth-order valence-corrected chi connectivity index (χ4v) is 5.10. The van der Waals surface area contributed by atoms with E-state index in [-0.39, 0.29) is 16.8 Å².